The van der Waals surface area contributed by atoms with Crippen LogP contribution in [0.15, 0.2) is 47.2 Å². The normalized spacial score (nSPS) is 10.4. The molecule has 0 amide bonds. The van der Waals surface area contributed by atoms with Gasteiger partial charge in [0.1, 0.15) is 5.75 Å². The van der Waals surface area contributed by atoms with Crippen molar-refractivity contribution in [1.29, 1.82) is 0 Å². The number of benzene rings is 2. The summed E-state index contributed by atoms with van der Waals surface area (Å²) in [5.74, 6) is 1.60. The topological polar surface area (TPSA) is 54.0 Å². The van der Waals surface area contributed by atoms with Gasteiger partial charge in [0.05, 0.1) is 34.0 Å². The molecular weight excluding hydrogens is 364 g/mol. The Balaban J connectivity index is 2.11. The summed E-state index contributed by atoms with van der Waals surface area (Å²) in [5.41, 5.74) is 2.90. The number of ketones is 1. The lowest BCUT2D eigenvalue weighted by Crippen LogP contribution is -2.06. The molecule has 1 heterocycles. The molecule has 6 heteroatoms. The van der Waals surface area contributed by atoms with Crippen LogP contribution in [0.2, 0.25) is 0 Å². The molecule has 1 aromatic heterocycles. The van der Waals surface area contributed by atoms with E-state index in [2.05, 4.69) is 0 Å². The molecule has 0 fully saturated rings. The molecule has 0 aliphatic carbocycles. The van der Waals surface area contributed by atoms with Gasteiger partial charge in [-0.05, 0) is 52.2 Å². The van der Waals surface area contributed by atoms with E-state index >= 15 is 0 Å². The smallest absolute Gasteiger partial charge is 0.203 e. The van der Waals surface area contributed by atoms with Crippen LogP contribution in [0, 0.1) is 0 Å². The number of thiophene rings is 1. The highest BCUT2D eigenvalue weighted by atomic mass is 32.1. The van der Waals surface area contributed by atoms with E-state index in [1.165, 1.54) is 21.3 Å². The van der Waals surface area contributed by atoms with Crippen LogP contribution in [0.3, 0.4) is 0 Å². The molecule has 0 saturated heterocycles. The maximum atomic E-state index is 13.3. The highest BCUT2D eigenvalue weighted by Gasteiger charge is 2.21. The van der Waals surface area contributed by atoms with E-state index in [-0.39, 0.29) is 5.78 Å². The van der Waals surface area contributed by atoms with Gasteiger partial charge in [0.15, 0.2) is 17.3 Å². The number of hydrogen-bond donors (Lipinski definition) is 0. The van der Waals surface area contributed by atoms with Crippen molar-refractivity contribution in [2.75, 3.05) is 28.4 Å². The number of ether oxygens (including phenoxy) is 4. The molecule has 0 aliphatic rings. The molecular formula is C21H20O5S. The van der Waals surface area contributed by atoms with Gasteiger partial charge in [-0.25, -0.2) is 0 Å². The van der Waals surface area contributed by atoms with Gasteiger partial charge >= 0.3 is 0 Å². The van der Waals surface area contributed by atoms with E-state index in [1.54, 1.807) is 36.6 Å². The van der Waals surface area contributed by atoms with Crippen molar-refractivity contribution in [3.63, 3.8) is 0 Å². The number of rotatable bonds is 7. The van der Waals surface area contributed by atoms with Gasteiger partial charge < -0.3 is 18.9 Å². The van der Waals surface area contributed by atoms with Crippen LogP contribution in [-0.2, 0) is 0 Å². The van der Waals surface area contributed by atoms with E-state index < -0.39 is 0 Å². The second-order valence-electron chi connectivity index (χ2n) is 5.67. The predicted molar refractivity (Wildman–Crippen MR) is 106 cm³/mol. The molecule has 0 saturated carbocycles. The second-order valence-corrected chi connectivity index (χ2v) is 6.45. The molecule has 0 unspecified atom stereocenters. The fraction of sp³-hybridized carbons (Fsp3) is 0.190. The quantitative estimate of drug-likeness (QED) is 0.554. The Kier molecular flexibility index (Phi) is 5.66. The van der Waals surface area contributed by atoms with Gasteiger partial charge in [-0.3, -0.25) is 4.79 Å². The van der Waals surface area contributed by atoms with Crippen molar-refractivity contribution < 1.29 is 23.7 Å². The highest BCUT2D eigenvalue weighted by molar-refractivity contribution is 7.08. The molecule has 140 valence electrons. The molecule has 2 aromatic carbocycles. The minimum Gasteiger partial charge on any atom is -0.496 e. The zero-order valence-corrected chi connectivity index (χ0v) is 16.4. The van der Waals surface area contributed by atoms with Crippen LogP contribution in [0.4, 0.5) is 0 Å². The average Bonchev–Trinajstić information content (AvgIpc) is 3.26. The summed E-state index contributed by atoms with van der Waals surface area (Å²) in [6.45, 7) is 0. The van der Waals surface area contributed by atoms with Gasteiger partial charge in [-0.15, -0.1) is 0 Å². The summed E-state index contributed by atoms with van der Waals surface area (Å²) in [6.07, 6.45) is 0. The van der Waals surface area contributed by atoms with Crippen molar-refractivity contribution >= 4 is 17.1 Å². The lowest BCUT2D eigenvalue weighted by Gasteiger charge is -2.15. The SMILES string of the molecule is COc1ccc(-c2ccsc2)cc1C(=O)c1cc(OC)c(OC)c(OC)c1. The molecule has 0 radical (unpaired) electrons. The minimum atomic E-state index is -0.191. The molecule has 5 nitrogen and oxygen atoms in total. The third-order valence-electron chi connectivity index (χ3n) is 4.23. The zero-order valence-electron chi connectivity index (χ0n) is 15.6. The summed E-state index contributed by atoms with van der Waals surface area (Å²) in [6, 6.07) is 10.9. The van der Waals surface area contributed by atoms with Crippen LogP contribution in [0.5, 0.6) is 23.0 Å². The van der Waals surface area contributed by atoms with Crippen molar-refractivity contribution in [3.8, 4) is 34.1 Å². The maximum absolute atomic E-state index is 13.3. The van der Waals surface area contributed by atoms with Crippen LogP contribution in [0.25, 0.3) is 11.1 Å². The Morgan fingerprint density at radius 2 is 1.44 bits per heavy atom. The lowest BCUT2D eigenvalue weighted by molar-refractivity contribution is 0.103. The van der Waals surface area contributed by atoms with Crippen LogP contribution in [0.1, 0.15) is 15.9 Å². The molecule has 0 N–H and O–H groups in total. The number of hydrogen-bond acceptors (Lipinski definition) is 6. The van der Waals surface area contributed by atoms with Crippen LogP contribution < -0.4 is 18.9 Å². The summed E-state index contributed by atoms with van der Waals surface area (Å²) in [4.78, 5) is 13.3. The van der Waals surface area contributed by atoms with E-state index in [9.17, 15) is 4.79 Å². The Labute approximate surface area is 162 Å². The van der Waals surface area contributed by atoms with Gasteiger partial charge in [0.25, 0.3) is 0 Å². The third-order valence-corrected chi connectivity index (χ3v) is 4.91. The number of carbonyl (C=O) groups excluding carboxylic acids is 1. The molecule has 0 atom stereocenters. The first-order valence-electron chi connectivity index (χ1n) is 8.18. The summed E-state index contributed by atoms with van der Waals surface area (Å²) < 4.78 is 21.5. The zero-order chi connectivity index (χ0) is 19.4. The Morgan fingerprint density at radius 1 is 0.778 bits per heavy atom. The lowest BCUT2D eigenvalue weighted by atomic mass is 9.97. The largest absolute Gasteiger partial charge is 0.496 e. The standard InChI is InChI=1S/C21H20O5S/c1-23-17-6-5-13(14-7-8-27-12-14)9-16(17)20(22)15-10-18(24-2)21(26-4)19(11-15)25-3/h5-12H,1-4H3. The van der Waals surface area contributed by atoms with Crippen molar-refractivity contribution in [1.82, 2.24) is 0 Å². The average molecular weight is 384 g/mol. The predicted octanol–water partition coefficient (Wildman–Crippen LogP) is 4.68. The van der Waals surface area contributed by atoms with Crippen LogP contribution >= 0.6 is 11.3 Å². The first-order valence-corrected chi connectivity index (χ1v) is 9.12. The number of carbonyl (C=O) groups is 1. The van der Waals surface area contributed by atoms with Crippen LogP contribution in [-0.4, -0.2) is 34.2 Å². The van der Waals surface area contributed by atoms with Gasteiger partial charge in [-0.1, -0.05) is 6.07 Å². The molecule has 0 bridgehead atoms. The Hall–Kier alpha value is -2.99. The van der Waals surface area contributed by atoms with Gasteiger partial charge in [0.2, 0.25) is 5.75 Å². The highest BCUT2D eigenvalue weighted by Crippen LogP contribution is 2.39. The first kappa shape index (κ1) is 18.8. The van der Waals surface area contributed by atoms with Crippen molar-refractivity contribution in [3.05, 3.63) is 58.3 Å². The number of methoxy groups -OCH3 is 4. The summed E-state index contributed by atoms with van der Waals surface area (Å²) >= 11 is 1.61. The summed E-state index contributed by atoms with van der Waals surface area (Å²) in [5, 5.41) is 4.04. The monoisotopic (exact) mass is 384 g/mol. The summed E-state index contributed by atoms with van der Waals surface area (Å²) in [7, 11) is 6.10. The molecule has 3 aromatic rings. The third kappa shape index (κ3) is 3.61. The second kappa shape index (κ2) is 8.14. The molecule has 3 rings (SSSR count). The van der Waals surface area contributed by atoms with Crippen molar-refractivity contribution in [2.45, 2.75) is 0 Å². The van der Waals surface area contributed by atoms with E-state index in [1.807, 2.05) is 29.0 Å². The molecule has 27 heavy (non-hydrogen) atoms. The minimum absolute atomic E-state index is 0.191. The van der Waals surface area contributed by atoms with E-state index in [4.69, 9.17) is 18.9 Å². The van der Waals surface area contributed by atoms with E-state index in [0.29, 0.717) is 34.1 Å². The molecule has 0 spiro atoms. The van der Waals surface area contributed by atoms with Crippen molar-refractivity contribution in [2.24, 2.45) is 0 Å². The maximum Gasteiger partial charge on any atom is 0.203 e. The Morgan fingerprint density at radius 3 is 1.96 bits per heavy atom. The first-order chi connectivity index (χ1) is 13.1. The van der Waals surface area contributed by atoms with Gasteiger partial charge in [0, 0.05) is 5.56 Å². The van der Waals surface area contributed by atoms with E-state index in [0.717, 1.165) is 11.1 Å². The van der Waals surface area contributed by atoms with Gasteiger partial charge in [-0.2, -0.15) is 11.3 Å². The fourth-order valence-electron chi connectivity index (χ4n) is 2.86. The fourth-order valence-corrected chi connectivity index (χ4v) is 3.53. The Bertz CT molecular complexity index is 922. The molecule has 0 aliphatic heterocycles.